The molecule has 3 nitrogen and oxygen atoms in total. The van der Waals surface area contributed by atoms with Gasteiger partial charge in [0.15, 0.2) is 11.5 Å². The van der Waals surface area contributed by atoms with E-state index in [0.29, 0.717) is 29.2 Å². The lowest BCUT2D eigenvalue weighted by Gasteiger charge is -2.12. The quantitative estimate of drug-likeness (QED) is 0.803. The van der Waals surface area contributed by atoms with Crippen LogP contribution in [-0.2, 0) is 6.61 Å². The standard InChI is InChI=1S/C17H16FNO2/c1-2-9-20-16-5-3-4-6-17(16)21-12-14-10-13(11-19)7-8-15(14)18/h3-8,10H,2,9,12H2,1H3. The molecule has 0 bridgehead atoms. The molecule has 0 spiro atoms. The van der Waals surface area contributed by atoms with E-state index < -0.39 is 0 Å². The minimum absolute atomic E-state index is 0.0495. The highest BCUT2D eigenvalue weighted by atomic mass is 19.1. The van der Waals surface area contributed by atoms with Crippen molar-refractivity contribution in [3.8, 4) is 17.6 Å². The number of nitrogens with zero attached hydrogens (tertiary/aromatic N) is 1. The summed E-state index contributed by atoms with van der Waals surface area (Å²) in [6.07, 6.45) is 0.896. The zero-order valence-electron chi connectivity index (χ0n) is 11.8. The summed E-state index contributed by atoms with van der Waals surface area (Å²) in [6.45, 7) is 2.67. The number of hydrogen-bond donors (Lipinski definition) is 0. The smallest absolute Gasteiger partial charge is 0.161 e. The highest BCUT2D eigenvalue weighted by molar-refractivity contribution is 5.40. The molecule has 0 saturated carbocycles. The van der Waals surface area contributed by atoms with Crippen molar-refractivity contribution >= 4 is 0 Å². The van der Waals surface area contributed by atoms with Crippen LogP contribution in [-0.4, -0.2) is 6.61 Å². The second kappa shape index (κ2) is 7.30. The van der Waals surface area contributed by atoms with Crippen LogP contribution in [0.15, 0.2) is 42.5 Å². The largest absolute Gasteiger partial charge is 0.490 e. The number of ether oxygens (including phenoxy) is 2. The molecule has 0 unspecified atom stereocenters. The van der Waals surface area contributed by atoms with Crippen LogP contribution in [0.5, 0.6) is 11.5 Å². The molecule has 4 heteroatoms. The molecule has 0 radical (unpaired) electrons. The third-order valence-corrected chi connectivity index (χ3v) is 2.87. The molecule has 0 aliphatic carbocycles. The summed E-state index contributed by atoms with van der Waals surface area (Å²) in [6, 6.07) is 13.5. The van der Waals surface area contributed by atoms with Gasteiger partial charge in [-0.15, -0.1) is 0 Å². The van der Waals surface area contributed by atoms with Gasteiger partial charge in [0.25, 0.3) is 0 Å². The fraction of sp³-hybridized carbons (Fsp3) is 0.235. The third kappa shape index (κ3) is 3.96. The van der Waals surface area contributed by atoms with E-state index in [0.717, 1.165) is 6.42 Å². The molecule has 0 N–H and O–H groups in total. The molecular formula is C17H16FNO2. The second-order valence-corrected chi connectivity index (χ2v) is 4.50. The fourth-order valence-corrected chi connectivity index (χ4v) is 1.81. The highest BCUT2D eigenvalue weighted by Crippen LogP contribution is 2.27. The molecule has 2 aromatic rings. The minimum Gasteiger partial charge on any atom is -0.490 e. The summed E-state index contributed by atoms with van der Waals surface area (Å²) in [5.41, 5.74) is 0.755. The monoisotopic (exact) mass is 285 g/mol. The Morgan fingerprint density at radius 2 is 1.81 bits per heavy atom. The van der Waals surface area contributed by atoms with Crippen molar-refractivity contribution in [1.82, 2.24) is 0 Å². The summed E-state index contributed by atoms with van der Waals surface area (Å²) in [4.78, 5) is 0. The van der Waals surface area contributed by atoms with E-state index in [-0.39, 0.29) is 12.4 Å². The van der Waals surface area contributed by atoms with Crippen LogP contribution in [0.3, 0.4) is 0 Å². The maximum Gasteiger partial charge on any atom is 0.161 e. The predicted molar refractivity (Wildman–Crippen MR) is 77.7 cm³/mol. The van der Waals surface area contributed by atoms with Crippen molar-refractivity contribution in [2.75, 3.05) is 6.61 Å². The van der Waals surface area contributed by atoms with Crippen molar-refractivity contribution in [2.24, 2.45) is 0 Å². The van der Waals surface area contributed by atoms with Crippen LogP contribution in [0.4, 0.5) is 4.39 Å². The third-order valence-electron chi connectivity index (χ3n) is 2.87. The summed E-state index contributed by atoms with van der Waals surface area (Å²) in [5.74, 6) is 0.810. The van der Waals surface area contributed by atoms with Crippen LogP contribution >= 0.6 is 0 Å². The molecule has 2 aromatic carbocycles. The minimum atomic E-state index is -0.388. The number of benzene rings is 2. The first-order valence-corrected chi connectivity index (χ1v) is 6.77. The Bertz CT molecular complexity index is 649. The molecule has 0 fully saturated rings. The Labute approximate surface area is 123 Å². The Morgan fingerprint density at radius 1 is 1.10 bits per heavy atom. The van der Waals surface area contributed by atoms with E-state index in [4.69, 9.17) is 14.7 Å². The van der Waals surface area contributed by atoms with Gasteiger partial charge >= 0.3 is 0 Å². The van der Waals surface area contributed by atoms with E-state index in [1.807, 2.05) is 31.2 Å². The van der Waals surface area contributed by atoms with E-state index in [2.05, 4.69) is 0 Å². The summed E-state index contributed by atoms with van der Waals surface area (Å²) >= 11 is 0. The lowest BCUT2D eigenvalue weighted by molar-refractivity contribution is 0.259. The van der Waals surface area contributed by atoms with Crippen LogP contribution in [0.25, 0.3) is 0 Å². The maximum atomic E-state index is 13.7. The predicted octanol–water partition coefficient (Wildman–Crippen LogP) is 4.07. The van der Waals surface area contributed by atoms with Gasteiger partial charge in [-0.2, -0.15) is 5.26 Å². The van der Waals surface area contributed by atoms with Gasteiger partial charge in [0.05, 0.1) is 18.2 Å². The first-order chi connectivity index (χ1) is 10.2. The Kier molecular flexibility index (Phi) is 5.16. The van der Waals surface area contributed by atoms with Crippen molar-refractivity contribution in [1.29, 1.82) is 5.26 Å². The van der Waals surface area contributed by atoms with Gasteiger partial charge in [0.2, 0.25) is 0 Å². The van der Waals surface area contributed by atoms with Crippen molar-refractivity contribution in [3.63, 3.8) is 0 Å². The second-order valence-electron chi connectivity index (χ2n) is 4.50. The van der Waals surface area contributed by atoms with Gasteiger partial charge in [-0.3, -0.25) is 0 Å². The number of para-hydroxylation sites is 2. The van der Waals surface area contributed by atoms with Gasteiger partial charge in [0, 0.05) is 5.56 Å². The molecule has 0 atom stereocenters. The van der Waals surface area contributed by atoms with Gasteiger partial charge in [-0.1, -0.05) is 19.1 Å². The molecule has 21 heavy (non-hydrogen) atoms. The average Bonchev–Trinajstić information content (AvgIpc) is 2.53. The molecule has 0 saturated heterocycles. The zero-order chi connectivity index (χ0) is 15.1. The number of hydrogen-bond acceptors (Lipinski definition) is 3. The first-order valence-electron chi connectivity index (χ1n) is 6.77. The number of halogens is 1. The van der Waals surface area contributed by atoms with Crippen molar-refractivity contribution in [2.45, 2.75) is 20.0 Å². The molecule has 2 rings (SSSR count). The maximum absolute atomic E-state index is 13.7. The van der Waals surface area contributed by atoms with Crippen LogP contribution in [0, 0.1) is 17.1 Å². The molecule has 0 amide bonds. The summed E-state index contributed by atoms with van der Waals surface area (Å²) < 4.78 is 24.9. The Balaban J connectivity index is 2.11. The zero-order valence-corrected chi connectivity index (χ0v) is 11.8. The van der Waals surface area contributed by atoms with Crippen molar-refractivity contribution in [3.05, 3.63) is 59.4 Å². The van der Waals surface area contributed by atoms with E-state index >= 15 is 0 Å². The Hall–Kier alpha value is -2.54. The number of rotatable bonds is 6. The first kappa shape index (κ1) is 14.9. The van der Waals surface area contributed by atoms with Crippen LogP contribution in [0.1, 0.15) is 24.5 Å². The SMILES string of the molecule is CCCOc1ccccc1OCc1cc(C#N)ccc1F. The topological polar surface area (TPSA) is 42.2 Å². The van der Waals surface area contributed by atoms with Gasteiger partial charge in [-0.25, -0.2) is 4.39 Å². The highest BCUT2D eigenvalue weighted by Gasteiger charge is 2.08. The van der Waals surface area contributed by atoms with Crippen LogP contribution < -0.4 is 9.47 Å². The molecule has 0 aromatic heterocycles. The Morgan fingerprint density at radius 3 is 2.48 bits per heavy atom. The molecular weight excluding hydrogens is 269 g/mol. The van der Waals surface area contributed by atoms with E-state index in [9.17, 15) is 4.39 Å². The van der Waals surface area contributed by atoms with E-state index in [1.54, 1.807) is 6.07 Å². The average molecular weight is 285 g/mol. The molecule has 0 heterocycles. The normalized spacial score (nSPS) is 9.95. The lowest BCUT2D eigenvalue weighted by atomic mass is 10.1. The molecule has 108 valence electrons. The van der Waals surface area contributed by atoms with Crippen molar-refractivity contribution < 1.29 is 13.9 Å². The number of nitriles is 1. The van der Waals surface area contributed by atoms with Gasteiger partial charge < -0.3 is 9.47 Å². The molecule has 0 aliphatic rings. The van der Waals surface area contributed by atoms with Gasteiger partial charge in [-0.05, 0) is 36.8 Å². The molecule has 0 aliphatic heterocycles. The summed E-state index contributed by atoms with van der Waals surface area (Å²) in [5, 5.41) is 8.85. The van der Waals surface area contributed by atoms with Gasteiger partial charge in [0.1, 0.15) is 12.4 Å². The summed E-state index contributed by atoms with van der Waals surface area (Å²) in [7, 11) is 0. The lowest BCUT2D eigenvalue weighted by Crippen LogP contribution is -2.02. The fourth-order valence-electron chi connectivity index (χ4n) is 1.81. The van der Waals surface area contributed by atoms with E-state index in [1.165, 1.54) is 18.2 Å². The van der Waals surface area contributed by atoms with Crippen LogP contribution in [0.2, 0.25) is 0 Å².